The molecule has 4 nitrogen and oxygen atoms in total. The maximum atomic E-state index is 6.16. The molecule has 0 saturated heterocycles. The third-order valence-corrected chi connectivity index (χ3v) is 3.06. The molecule has 0 spiro atoms. The molecule has 1 atom stereocenters. The van der Waals surface area contributed by atoms with Gasteiger partial charge in [0, 0.05) is 26.2 Å². The second kappa shape index (κ2) is 6.61. The van der Waals surface area contributed by atoms with Crippen LogP contribution in [0.5, 0.6) is 11.5 Å². The highest BCUT2D eigenvalue weighted by molar-refractivity contribution is 5.44. The monoisotopic (exact) mass is 251 g/mol. The smallest absolute Gasteiger partial charge is 0.161 e. The molecule has 0 amide bonds. The van der Waals surface area contributed by atoms with Gasteiger partial charge in [0.1, 0.15) is 0 Å². The SMILES string of the molecule is COCCCC(N)c1ccc2c(c1)OCCCO2. The van der Waals surface area contributed by atoms with Gasteiger partial charge in [-0.15, -0.1) is 0 Å². The van der Waals surface area contributed by atoms with Crippen molar-refractivity contribution in [1.82, 2.24) is 0 Å². The van der Waals surface area contributed by atoms with E-state index in [1.807, 2.05) is 18.2 Å². The second-order valence-corrected chi connectivity index (χ2v) is 4.50. The number of rotatable bonds is 5. The molecule has 4 heteroatoms. The summed E-state index contributed by atoms with van der Waals surface area (Å²) in [5.41, 5.74) is 7.25. The Labute approximate surface area is 108 Å². The lowest BCUT2D eigenvalue weighted by molar-refractivity contribution is 0.190. The molecule has 0 aliphatic carbocycles. The Morgan fingerprint density at radius 3 is 2.83 bits per heavy atom. The summed E-state index contributed by atoms with van der Waals surface area (Å²) in [5, 5.41) is 0. The van der Waals surface area contributed by atoms with Crippen LogP contribution in [-0.4, -0.2) is 26.9 Å². The third-order valence-electron chi connectivity index (χ3n) is 3.06. The predicted octanol–water partition coefficient (Wildman–Crippen LogP) is 2.27. The first kappa shape index (κ1) is 13.2. The number of hydrogen-bond donors (Lipinski definition) is 1. The van der Waals surface area contributed by atoms with Crippen molar-refractivity contribution in [2.75, 3.05) is 26.9 Å². The van der Waals surface area contributed by atoms with Crippen molar-refractivity contribution < 1.29 is 14.2 Å². The molecule has 0 fully saturated rings. The molecule has 1 aliphatic rings. The predicted molar refractivity (Wildman–Crippen MR) is 70.1 cm³/mol. The Bertz CT molecular complexity index is 381. The van der Waals surface area contributed by atoms with Crippen LogP contribution in [0.25, 0.3) is 0 Å². The Morgan fingerprint density at radius 2 is 2.06 bits per heavy atom. The Morgan fingerprint density at radius 1 is 1.28 bits per heavy atom. The van der Waals surface area contributed by atoms with Crippen molar-refractivity contribution in [3.8, 4) is 11.5 Å². The van der Waals surface area contributed by atoms with Gasteiger partial charge in [0.15, 0.2) is 11.5 Å². The van der Waals surface area contributed by atoms with Crippen LogP contribution < -0.4 is 15.2 Å². The molecule has 1 aromatic rings. The van der Waals surface area contributed by atoms with Crippen molar-refractivity contribution in [1.29, 1.82) is 0 Å². The zero-order valence-corrected chi connectivity index (χ0v) is 10.9. The average molecular weight is 251 g/mol. The van der Waals surface area contributed by atoms with Gasteiger partial charge in [0.05, 0.1) is 13.2 Å². The zero-order chi connectivity index (χ0) is 12.8. The molecule has 100 valence electrons. The fraction of sp³-hybridized carbons (Fsp3) is 0.571. The topological polar surface area (TPSA) is 53.7 Å². The summed E-state index contributed by atoms with van der Waals surface area (Å²) in [6.07, 6.45) is 2.80. The van der Waals surface area contributed by atoms with Gasteiger partial charge in [0.2, 0.25) is 0 Å². The highest BCUT2D eigenvalue weighted by Gasteiger charge is 2.13. The van der Waals surface area contributed by atoms with E-state index in [9.17, 15) is 0 Å². The molecule has 1 aromatic carbocycles. The molecule has 18 heavy (non-hydrogen) atoms. The maximum absolute atomic E-state index is 6.16. The van der Waals surface area contributed by atoms with E-state index in [1.165, 1.54) is 0 Å². The van der Waals surface area contributed by atoms with Crippen LogP contribution in [0.1, 0.15) is 30.9 Å². The summed E-state index contributed by atoms with van der Waals surface area (Å²) in [4.78, 5) is 0. The van der Waals surface area contributed by atoms with Crippen molar-refractivity contribution in [3.63, 3.8) is 0 Å². The van der Waals surface area contributed by atoms with E-state index in [0.29, 0.717) is 13.2 Å². The molecule has 1 unspecified atom stereocenters. The average Bonchev–Trinajstić information content (AvgIpc) is 2.63. The summed E-state index contributed by atoms with van der Waals surface area (Å²) in [6, 6.07) is 5.99. The number of hydrogen-bond acceptors (Lipinski definition) is 4. The lowest BCUT2D eigenvalue weighted by atomic mass is 10.0. The van der Waals surface area contributed by atoms with Crippen LogP contribution in [0.2, 0.25) is 0 Å². The number of ether oxygens (including phenoxy) is 3. The van der Waals surface area contributed by atoms with Crippen molar-refractivity contribution in [3.05, 3.63) is 23.8 Å². The van der Waals surface area contributed by atoms with Crippen LogP contribution in [0.15, 0.2) is 18.2 Å². The van der Waals surface area contributed by atoms with Crippen LogP contribution in [0.4, 0.5) is 0 Å². The Hall–Kier alpha value is -1.26. The van der Waals surface area contributed by atoms with Gasteiger partial charge in [-0.25, -0.2) is 0 Å². The van der Waals surface area contributed by atoms with Gasteiger partial charge in [0.25, 0.3) is 0 Å². The number of benzene rings is 1. The second-order valence-electron chi connectivity index (χ2n) is 4.50. The van der Waals surface area contributed by atoms with Gasteiger partial charge in [-0.3, -0.25) is 0 Å². The number of methoxy groups -OCH3 is 1. The normalized spacial score (nSPS) is 16.1. The number of nitrogens with two attached hydrogens (primary N) is 1. The first-order valence-electron chi connectivity index (χ1n) is 6.45. The maximum Gasteiger partial charge on any atom is 0.161 e. The molecule has 1 aliphatic heterocycles. The van der Waals surface area contributed by atoms with Crippen molar-refractivity contribution in [2.45, 2.75) is 25.3 Å². The number of fused-ring (bicyclic) bond motifs is 1. The van der Waals surface area contributed by atoms with Gasteiger partial charge in [-0.05, 0) is 30.5 Å². The Kier molecular flexibility index (Phi) is 4.84. The molecular formula is C14H21NO3. The molecule has 1 heterocycles. The molecule has 2 N–H and O–H groups in total. The Balaban J connectivity index is 2.02. The van der Waals surface area contributed by atoms with E-state index >= 15 is 0 Å². The van der Waals surface area contributed by atoms with Crippen molar-refractivity contribution >= 4 is 0 Å². The summed E-state index contributed by atoms with van der Waals surface area (Å²) in [7, 11) is 1.71. The standard InChI is InChI=1S/C14H21NO3/c1-16-7-2-4-12(15)11-5-6-13-14(10-11)18-9-3-8-17-13/h5-6,10,12H,2-4,7-9,15H2,1H3. The molecule has 0 saturated carbocycles. The summed E-state index contributed by atoms with van der Waals surface area (Å²) >= 11 is 0. The highest BCUT2D eigenvalue weighted by Crippen LogP contribution is 2.32. The van der Waals surface area contributed by atoms with E-state index < -0.39 is 0 Å². The molecule has 2 rings (SSSR count). The van der Waals surface area contributed by atoms with Crippen molar-refractivity contribution in [2.24, 2.45) is 5.73 Å². The first-order chi connectivity index (χ1) is 8.81. The van der Waals surface area contributed by atoms with E-state index in [2.05, 4.69) is 0 Å². The summed E-state index contributed by atoms with van der Waals surface area (Å²) in [6.45, 7) is 2.17. The first-order valence-corrected chi connectivity index (χ1v) is 6.45. The van der Waals surface area contributed by atoms with Crippen LogP contribution in [-0.2, 0) is 4.74 Å². The van der Waals surface area contributed by atoms with Crippen LogP contribution in [0.3, 0.4) is 0 Å². The summed E-state index contributed by atoms with van der Waals surface area (Å²) in [5.74, 6) is 1.63. The van der Waals surface area contributed by atoms with E-state index in [-0.39, 0.29) is 6.04 Å². The van der Waals surface area contributed by atoms with Crippen LogP contribution in [0, 0.1) is 0 Å². The van der Waals surface area contributed by atoms with E-state index in [0.717, 1.165) is 42.9 Å². The third kappa shape index (κ3) is 3.37. The van der Waals surface area contributed by atoms with Crippen LogP contribution >= 0.6 is 0 Å². The lowest BCUT2D eigenvalue weighted by Crippen LogP contribution is -2.11. The van der Waals surface area contributed by atoms with Gasteiger partial charge >= 0.3 is 0 Å². The summed E-state index contributed by atoms with van der Waals surface area (Å²) < 4.78 is 16.3. The highest BCUT2D eigenvalue weighted by atomic mass is 16.5. The van der Waals surface area contributed by atoms with E-state index in [1.54, 1.807) is 7.11 Å². The lowest BCUT2D eigenvalue weighted by Gasteiger charge is -2.14. The minimum atomic E-state index is 0.0253. The molecule has 0 radical (unpaired) electrons. The largest absolute Gasteiger partial charge is 0.490 e. The quantitative estimate of drug-likeness (QED) is 0.816. The fourth-order valence-corrected chi connectivity index (χ4v) is 2.02. The minimum absolute atomic E-state index is 0.0253. The van der Waals surface area contributed by atoms with Gasteiger partial charge < -0.3 is 19.9 Å². The van der Waals surface area contributed by atoms with Gasteiger partial charge in [-0.1, -0.05) is 6.07 Å². The zero-order valence-electron chi connectivity index (χ0n) is 10.9. The molecule has 0 aromatic heterocycles. The van der Waals surface area contributed by atoms with Gasteiger partial charge in [-0.2, -0.15) is 0 Å². The molecular weight excluding hydrogens is 230 g/mol. The molecule has 0 bridgehead atoms. The fourth-order valence-electron chi connectivity index (χ4n) is 2.02. The minimum Gasteiger partial charge on any atom is -0.490 e. The van der Waals surface area contributed by atoms with E-state index in [4.69, 9.17) is 19.9 Å².